The monoisotopic (exact) mass is 574 g/mol. The van der Waals surface area contributed by atoms with E-state index in [0.29, 0.717) is 11.6 Å². The maximum atomic E-state index is 13.0. The van der Waals surface area contributed by atoms with Gasteiger partial charge in [0, 0.05) is 28.4 Å². The Balaban J connectivity index is 1.66. The number of nitrogens with one attached hydrogen (secondary N) is 1. The SMILES string of the molecule is CC(C)Nc1ccc(-n2c(C(=O)O)c(-c3ccc(OC(C)C)cc3)c3cc(Cc4ccc(C(C)(C)C)cc4)ccc32)cc1. The lowest BCUT2D eigenvalue weighted by Gasteiger charge is -2.19. The molecule has 0 fully saturated rings. The van der Waals surface area contributed by atoms with E-state index in [4.69, 9.17) is 4.74 Å². The summed E-state index contributed by atoms with van der Waals surface area (Å²) >= 11 is 0. The molecule has 0 amide bonds. The number of ether oxygens (including phenoxy) is 1. The molecule has 0 aliphatic carbocycles. The van der Waals surface area contributed by atoms with Crippen LogP contribution in [0.25, 0.3) is 27.7 Å². The van der Waals surface area contributed by atoms with Crippen LogP contribution in [0.15, 0.2) is 91.0 Å². The van der Waals surface area contributed by atoms with E-state index in [1.54, 1.807) is 0 Å². The van der Waals surface area contributed by atoms with Crippen LogP contribution in [0, 0.1) is 0 Å². The number of hydrogen-bond acceptors (Lipinski definition) is 3. The average molecular weight is 575 g/mol. The Kier molecular flexibility index (Phi) is 8.36. The van der Waals surface area contributed by atoms with Gasteiger partial charge >= 0.3 is 5.97 Å². The van der Waals surface area contributed by atoms with E-state index in [9.17, 15) is 9.90 Å². The highest BCUT2D eigenvalue weighted by atomic mass is 16.5. The summed E-state index contributed by atoms with van der Waals surface area (Å²) < 4.78 is 7.74. The number of rotatable bonds is 9. The lowest BCUT2D eigenvalue weighted by Crippen LogP contribution is -2.10. The number of nitrogens with zero attached hydrogens (tertiary/aromatic N) is 1. The highest BCUT2D eigenvalue weighted by Gasteiger charge is 2.25. The number of anilines is 1. The molecule has 0 atom stereocenters. The van der Waals surface area contributed by atoms with E-state index in [1.807, 2.05) is 66.9 Å². The topological polar surface area (TPSA) is 63.5 Å². The van der Waals surface area contributed by atoms with Gasteiger partial charge in [-0.2, -0.15) is 0 Å². The van der Waals surface area contributed by atoms with Crippen LogP contribution in [-0.4, -0.2) is 27.8 Å². The van der Waals surface area contributed by atoms with Crippen LogP contribution < -0.4 is 10.1 Å². The zero-order valence-electron chi connectivity index (χ0n) is 26.2. The molecule has 5 nitrogen and oxygen atoms in total. The molecule has 0 spiro atoms. The number of aromatic carboxylic acids is 1. The van der Waals surface area contributed by atoms with Gasteiger partial charge in [0.1, 0.15) is 11.4 Å². The number of fused-ring (bicyclic) bond motifs is 1. The zero-order chi connectivity index (χ0) is 30.9. The van der Waals surface area contributed by atoms with E-state index in [1.165, 1.54) is 11.1 Å². The first-order chi connectivity index (χ1) is 20.4. The molecule has 5 heteroatoms. The minimum absolute atomic E-state index is 0.0514. The minimum Gasteiger partial charge on any atom is -0.491 e. The zero-order valence-corrected chi connectivity index (χ0v) is 26.2. The van der Waals surface area contributed by atoms with Gasteiger partial charge in [0.05, 0.1) is 11.6 Å². The number of carbonyl (C=O) groups is 1. The fourth-order valence-corrected chi connectivity index (χ4v) is 5.58. The highest BCUT2D eigenvalue weighted by molar-refractivity contribution is 6.09. The number of hydrogen-bond donors (Lipinski definition) is 2. The number of aromatic nitrogens is 1. The Morgan fingerprint density at radius 2 is 1.47 bits per heavy atom. The highest BCUT2D eigenvalue weighted by Crippen LogP contribution is 2.39. The van der Waals surface area contributed by atoms with E-state index < -0.39 is 5.97 Å². The molecule has 5 aromatic rings. The lowest BCUT2D eigenvalue weighted by molar-refractivity contribution is 0.0689. The molecule has 0 aliphatic rings. The predicted molar refractivity (Wildman–Crippen MR) is 178 cm³/mol. The van der Waals surface area contributed by atoms with Gasteiger partial charge < -0.3 is 19.7 Å². The molecule has 4 aromatic carbocycles. The second kappa shape index (κ2) is 12.0. The first-order valence-corrected chi connectivity index (χ1v) is 15.0. The maximum absolute atomic E-state index is 13.0. The van der Waals surface area contributed by atoms with Crippen molar-refractivity contribution in [3.8, 4) is 22.6 Å². The summed E-state index contributed by atoms with van der Waals surface area (Å²) in [6, 6.07) is 31.1. The van der Waals surface area contributed by atoms with E-state index in [2.05, 4.69) is 82.4 Å². The van der Waals surface area contributed by atoms with Crippen LogP contribution in [-0.2, 0) is 11.8 Å². The van der Waals surface area contributed by atoms with Crippen molar-refractivity contribution in [1.82, 2.24) is 4.57 Å². The normalized spacial score (nSPS) is 11.8. The third kappa shape index (κ3) is 6.61. The third-order valence-corrected chi connectivity index (χ3v) is 7.56. The van der Waals surface area contributed by atoms with Crippen molar-refractivity contribution >= 4 is 22.6 Å². The molecule has 0 saturated heterocycles. The molecule has 0 aliphatic heterocycles. The fourth-order valence-electron chi connectivity index (χ4n) is 5.58. The first kappa shape index (κ1) is 30.0. The van der Waals surface area contributed by atoms with Gasteiger partial charge in [-0.3, -0.25) is 0 Å². The Morgan fingerprint density at radius 1 is 0.837 bits per heavy atom. The van der Waals surface area contributed by atoms with Crippen molar-refractivity contribution < 1.29 is 14.6 Å². The Labute approximate surface area is 255 Å². The van der Waals surface area contributed by atoms with Gasteiger partial charge in [-0.05, 0) is 110 Å². The molecular weight excluding hydrogens is 532 g/mol. The summed E-state index contributed by atoms with van der Waals surface area (Å²) in [5, 5.41) is 15.0. The summed E-state index contributed by atoms with van der Waals surface area (Å²) in [6.07, 6.45) is 0.806. The van der Waals surface area contributed by atoms with Crippen LogP contribution in [0.1, 0.15) is 75.6 Å². The molecule has 1 heterocycles. The third-order valence-electron chi connectivity index (χ3n) is 7.56. The van der Waals surface area contributed by atoms with E-state index in [0.717, 1.165) is 45.6 Å². The number of benzene rings is 4. The fraction of sp³-hybridized carbons (Fsp3) is 0.289. The van der Waals surface area contributed by atoms with Crippen LogP contribution >= 0.6 is 0 Å². The molecule has 0 saturated carbocycles. The van der Waals surface area contributed by atoms with Gasteiger partial charge in [0.2, 0.25) is 0 Å². The van der Waals surface area contributed by atoms with Crippen LogP contribution in [0.5, 0.6) is 5.75 Å². The van der Waals surface area contributed by atoms with Crippen molar-refractivity contribution in [2.75, 3.05) is 5.32 Å². The molecule has 2 N–H and O–H groups in total. The van der Waals surface area contributed by atoms with Crippen molar-refractivity contribution in [1.29, 1.82) is 0 Å². The van der Waals surface area contributed by atoms with Crippen molar-refractivity contribution in [2.45, 2.75) is 72.4 Å². The van der Waals surface area contributed by atoms with Gasteiger partial charge in [-0.25, -0.2) is 4.79 Å². The molecule has 0 bridgehead atoms. The molecule has 222 valence electrons. The summed E-state index contributed by atoms with van der Waals surface area (Å²) in [4.78, 5) is 13.0. The standard InChI is InChI=1S/C38H42N2O3/c1-24(2)39-30-15-17-31(18-16-30)40-34-21-10-27(22-26-8-13-29(14-9-26)38(5,6)7)23-33(34)35(36(40)37(41)42)28-11-19-32(20-12-28)43-25(3)4/h8-21,23-25,39H,22H2,1-7H3,(H,41,42). The van der Waals surface area contributed by atoms with Crippen molar-refractivity contribution in [3.63, 3.8) is 0 Å². The number of carboxylic acids is 1. The molecule has 0 unspecified atom stereocenters. The van der Waals surface area contributed by atoms with Gasteiger partial charge in [0.25, 0.3) is 0 Å². The van der Waals surface area contributed by atoms with Crippen molar-refractivity contribution in [3.05, 3.63) is 113 Å². The molecule has 0 radical (unpaired) electrons. The quantitative estimate of drug-likeness (QED) is 0.184. The largest absolute Gasteiger partial charge is 0.491 e. The van der Waals surface area contributed by atoms with Gasteiger partial charge in [-0.15, -0.1) is 0 Å². The van der Waals surface area contributed by atoms with E-state index in [-0.39, 0.29) is 17.2 Å². The summed E-state index contributed by atoms with van der Waals surface area (Å²) in [5.74, 6) is -0.218. The average Bonchev–Trinajstić information content (AvgIpc) is 3.28. The maximum Gasteiger partial charge on any atom is 0.353 e. The summed E-state index contributed by atoms with van der Waals surface area (Å²) in [6.45, 7) is 14.8. The second-order valence-electron chi connectivity index (χ2n) is 12.9. The van der Waals surface area contributed by atoms with Gasteiger partial charge in [0.15, 0.2) is 0 Å². The summed E-state index contributed by atoms with van der Waals surface area (Å²) in [7, 11) is 0. The second-order valence-corrected chi connectivity index (χ2v) is 12.9. The van der Waals surface area contributed by atoms with Crippen molar-refractivity contribution in [2.24, 2.45) is 0 Å². The Hall–Kier alpha value is -4.51. The van der Waals surface area contributed by atoms with E-state index >= 15 is 0 Å². The molecule has 5 rings (SSSR count). The first-order valence-electron chi connectivity index (χ1n) is 15.0. The molecular formula is C38H42N2O3. The number of carboxylic acid groups (broad SMARTS) is 1. The van der Waals surface area contributed by atoms with Crippen LogP contribution in [0.4, 0.5) is 5.69 Å². The van der Waals surface area contributed by atoms with Crippen LogP contribution in [0.2, 0.25) is 0 Å². The molecule has 43 heavy (non-hydrogen) atoms. The Bertz CT molecular complexity index is 1720. The van der Waals surface area contributed by atoms with Crippen LogP contribution in [0.3, 0.4) is 0 Å². The predicted octanol–water partition coefficient (Wildman–Crippen LogP) is 9.49. The smallest absolute Gasteiger partial charge is 0.353 e. The molecule has 1 aromatic heterocycles. The minimum atomic E-state index is -0.975. The lowest BCUT2D eigenvalue weighted by atomic mass is 9.86. The van der Waals surface area contributed by atoms with Gasteiger partial charge in [-0.1, -0.05) is 63.2 Å². The Morgan fingerprint density at radius 3 is 2.02 bits per heavy atom. The summed E-state index contributed by atoms with van der Waals surface area (Å²) in [5.41, 5.74) is 8.17.